The predicted octanol–water partition coefficient (Wildman–Crippen LogP) is 4.57. The van der Waals surface area contributed by atoms with Crippen molar-refractivity contribution in [1.82, 2.24) is 14.2 Å². The van der Waals surface area contributed by atoms with Gasteiger partial charge in [0, 0.05) is 54.7 Å². The van der Waals surface area contributed by atoms with Gasteiger partial charge >= 0.3 is 0 Å². The molecule has 6 nitrogen and oxygen atoms in total. The van der Waals surface area contributed by atoms with E-state index in [2.05, 4.69) is 5.32 Å². The van der Waals surface area contributed by atoms with Crippen LogP contribution >= 0.6 is 11.6 Å². The second-order valence-corrected chi connectivity index (χ2v) is 10.6. The van der Waals surface area contributed by atoms with Crippen molar-refractivity contribution in [2.24, 2.45) is 0 Å². The van der Waals surface area contributed by atoms with Crippen LogP contribution in [0.25, 0.3) is 10.9 Å². The van der Waals surface area contributed by atoms with Gasteiger partial charge in [0.25, 0.3) is 0 Å². The summed E-state index contributed by atoms with van der Waals surface area (Å²) in [4.78, 5) is 12.6. The Morgan fingerprint density at radius 1 is 1.00 bits per heavy atom. The monoisotopic (exact) mass is 473 g/mol. The zero-order chi connectivity index (χ0) is 22.6. The topological polar surface area (TPSA) is 71.4 Å². The first-order valence-corrected chi connectivity index (χ1v) is 12.9. The van der Waals surface area contributed by atoms with Crippen molar-refractivity contribution in [3.8, 4) is 0 Å². The third-order valence-electron chi connectivity index (χ3n) is 5.90. The Balaban J connectivity index is 1.40. The molecule has 1 N–H and O–H groups in total. The van der Waals surface area contributed by atoms with Gasteiger partial charge in [-0.2, -0.15) is 4.31 Å². The van der Waals surface area contributed by atoms with E-state index in [9.17, 15) is 13.2 Å². The molecule has 8 heteroatoms. The molecule has 32 heavy (non-hydrogen) atoms. The minimum Gasteiger partial charge on any atom is -0.352 e. The molecule has 1 aliphatic rings. The molecule has 3 aromatic rings. The molecule has 1 aliphatic heterocycles. The van der Waals surface area contributed by atoms with Gasteiger partial charge in [0.05, 0.1) is 4.90 Å². The number of nitrogens with one attached hydrogen (secondary N) is 1. The van der Waals surface area contributed by atoms with Crippen LogP contribution in [0.1, 0.15) is 37.7 Å². The van der Waals surface area contributed by atoms with Gasteiger partial charge < -0.3 is 9.88 Å². The molecular formula is C24H28ClN3O3S. The van der Waals surface area contributed by atoms with Crippen molar-refractivity contribution < 1.29 is 13.2 Å². The van der Waals surface area contributed by atoms with Crippen molar-refractivity contribution in [1.29, 1.82) is 0 Å². The summed E-state index contributed by atoms with van der Waals surface area (Å²) in [6, 6.07) is 14.6. The fraction of sp³-hybridized carbons (Fsp3) is 0.375. The highest BCUT2D eigenvalue weighted by Crippen LogP contribution is 2.25. The van der Waals surface area contributed by atoms with Crippen molar-refractivity contribution in [2.45, 2.75) is 50.1 Å². The van der Waals surface area contributed by atoms with Gasteiger partial charge in [0.15, 0.2) is 0 Å². The lowest BCUT2D eigenvalue weighted by Gasteiger charge is -2.20. The highest BCUT2D eigenvalue weighted by Gasteiger charge is 2.25. The van der Waals surface area contributed by atoms with Crippen LogP contribution in [0.2, 0.25) is 5.02 Å². The summed E-state index contributed by atoms with van der Waals surface area (Å²) < 4.78 is 29.7. The molecule has 0 unspecified atom stereocenters. The first kappa shape index (κ1) is 22.8. The van der Waals surface area contributed by atoms with Gasteiger partial charge in [-0.3, -0.25) is 4.79 Å². The highest BCUT2D eigenvalue weighted by atomic mass is 35.5. The zero-order valence-corrected chi connectivity index (χ0v) is 19.5. The van der Waals surface area contributed by atoms with E-state index < -0.39 is 10.0 Å². The molecule has 170 valence electrons. The number of carbonyl (C=O) groups excluding carboxylic acids is 1. The third-order valence-corrected chi connectivity index (χ3v) is 8.03. The smallest absolute Gasteiger partial charge is 0.243 e. The van der Waals surface area contributed by atoms with E-state index in [1.165, 1.54) is 0 Å². The SMILES string of the molecule is O=C(CCn1ccc2cc(S(=O)(=O)N3CCCCCC3)ccc21)NCc1cccc(Cl)c1. The lowest BCUT2D eigenvalue weighted by atomic mass is 10.2. The van der Waals surface area contributed by atoms with Crippen molar-refractivity contribution in [2.75, 3.05) is 13.1 Å². The first-order chi connectivity index (χ1) is 15.4. The molecule has 1 aromatic heterocycles. The van der Waals surface area contributed by atoms with Crippen LogP contribution in [0.4, 0.5) is 0 Å². The van der Waals surface area contributed by atoms with Crippen LogP contribution in [0.5, 0.6) is 0 Å². The summed E-state index contributed by atoms with van der Waals surface area (Å²) in [7, 11) is -3.48. The van der Waals surface area contributed by atoms with Gasteiger partial charge in [0.1, 0.15) is 0 Å². The molecule has 4 rings (SSSR count). The molecule has 2 heterocycles. The second-order valence-electron chi connectivity index (χ2n) is 8.20. The first-order valence-electron chi connectivity index (χ1n) is 11.0. The van der Waals surface area contributed by atoms with E-state index in [-0.39, 0.29) is 5.91 Å². The summed E-state index contributed by atoms with van der Waals surface area (Å²) >= 11 is 5.98. The number of fused-ring (bicyclic) bond motifs is 1. The van der Waals surface area contributed by atoms with Crippen molar-refractivity contribution in [3.05, 3.63) is 65.3 Å². The number of hydrogen-bond acceptors (Lipinski definition) is 3. The van der Waals surface area contributed by atoms with E-state index in [4.69, 9.17) is 11.6 Å². The number of benzene rings is 2. The normalized spacial score (nSPS) is 15.5. The Morgan fingerprint density at radius 2 is 1.78 bits per heavy atom. The van der Waals surface area contributed by atoms with Crippen molar-refractivity contribution in [3.63, 3.8) is 0 Å². The number of nitrogens with zero attached hydrogens (tertiary/aromatic N) is 2. The minimum atomic E-state index is -3.48. The van der Waals surface area contributed by atoms with E-state index in [1.807, 2.05) is 41.1 Å². The predicted molar refractivity (Wildman–Crippen MR) is 127 cm³/mol. The Hall–Kier alpha value is -2.35. The van der Waals surface area contributed by atoms with Gasteiger partial charge in [0.2, 0.25) is 15.9 Å². The average Bonchev–Trinajstić information content (AvgIpc) is 2.98. The van der Waals surface area contributed by atoms with Gasteiger partial charge in [-0.1, -0.05) is 36.6 Å². The van der Waals surface area contributed by atoms with Gasteiger partial charge in [-0.25, -0.2) is 8.42 Å². The van der Waals surface area contributed by atoms with E-state index in [0.717, 1.165) is 42.1 Å². The van der Waals surface area contributed by atoms with E-state index in [0.29, 0.717) is 42.5 Å². The summed E-state index contributed by atoms with van der Waals surface area (Å²) in [5.74, 6) is -0.0489. The molecule has 1 amide bonds. The number of hydrogen-bond donors (Lipinski definition) is 1. The number of carbonyl (C=O) groups is 1. The Labute approximate surface area is 194 Å². The van der Waals surface area contributed by atoms with Crippen LogP contribution in [0, 0.1) is 0 Å². The van der Waals surface area contributed by atoms with Crippen LogP contribution in [0.15, 0.2) is 59.6 Å². The largest absolute Gasteiger partial charge is 0.352 e. The maximum atomic E-state index is 13.1. The standard InChI is InChI=1S/C24H28ClN3O3S/c25-21-7-5-6-19(16-21)18-26-24(29)11-15-27-14-10-20-17-22(8-9-23(20)27)32(30,31)28-12-3-1-2-4-13-28/h5-10,14,16-17H,1-4,11-13,15,18H2,(H,26,29). The van der Waals surface area contributed by atoms with Crippen LogP contribution in [-0.2, 0) is 27.9 Å². The highest BCUT2D eigenvalue weighted by molar-refractivity contribution is 7.89. The number of aryl methyl sites for hydroxylation is 1. The summed E-state index contributed by atoms with van der Waals surface area (Å²) in [6.07, 6.45) is 6.23. The van der Waals surface area contributed by atoms with Crippen LogP contribution in [-0.4, -0.2) is 36.3 Å². The number of halogens is 1. The Kier molecular flexibility index (Phi) is 7.18. The van der Waals surface area contributed by atoms with Gasteiger partial charge in [-0.15, -0.1) is 0 Å². The number of aromatic nitrogens is 1. The Bertz CT molecular complexity index is 1200. The number of sulfonamides is 1. The molecule has 0 bridgehead atoms. The lowest BCUT2D eigenvalue weighted by molar-refractivity contribution is -0.121. The fourth-order valence-corrected chi connectivity index (χ4v) is 5.89. The quantitative estimate of drug-likeness (QED) is 0.546. The molecule has 0 saturated carbocycles. The van der Waals surface area contributed by atoms with Crippen molar-refractivity contribution >= 4 is 38.4 Å². The molecule has 0 atom stereocenters. The fourth-order valence-electron chi connectivity index (χ4n) is 4.12. The second kappa shape index (κ2) is 10.1. The number of rotatable bonds is 7. The molecule has 0 spiro atoms. The molecular weight excluding hydrogens is 446 g/mol. The number of amides is 1. The summed E-state index contributed by atoms with van der Waals surface area (Å²) in [5, 5.41) is 4.42. The van der Waals surface area contributed by atoms with Crippen LogP contribution < -0.4 is 5.32 Å². The maximum absolute atomic E-state index is 13.1. The van der Waals surface area contributed by atoms with Crippen LogP contribution in [0.3, 0.4) is 0 Å². The summed E-state index contributed by atoms with van der Waals surface area (Å²) in [5.41, 5.74) is 1.87. The molecule has 0 aliphatic carbocycles. The third kappa shape index (κ3) is 5.34. The maximum Gasteiger partial charge on any atom is 0.243 e. The average molecular weight is 474 g/mol. The minimum absolute atomic E-state index is 0.0489. The van der Waals surface area contributed by atoms with Gasteiger partial charge in [-0.05, 0) is 54.8 Å². The van der Waals surface area contributed by atoms with E-state index >= 15 is 0 Å². The molecule has 2 aromatic carbocycles. The lowest BCUT2D eigenvalue weighted by Crippen LogP contribution is -2.31. The summed E-state index contributed by atoms with van der Waals surface area (Å²) in [6.45, 7) is 2.13. The molecule has 0 radical (unpaired) electrons. The Morgan fingerprint density at radius 3 is 2.53 bits per heavy atom. The van der Waals surface area contributed by atoms with E-state index in [1.54, 1.807) is 22.5 Å². The molecule has 1 fully saturated rings. The zero-order valence-electron chi connectivity index (χ0n) is 18.0. The molecule has 1 saturated heterocycles.